The monoisotopic (exact) mass is 498 g/mol. The highest BCUT2D eigenvalue weighted by atomic mass is 32.2. The van der Waals surface area contributed by atoms with E-state index in [0.29, 0.717) is 27.9 Å². The van der Waals surface area contributed by atoms with Gasteiger partial charge in [0, 0.05) is 25.9 Å². The third kappa shape index (κ3) is 8.00. The Morgan fingerprint density at radius 3 is 2.56 bits per heavy atom. The topological polar surface area (TPSA) is 95.9 Å². The zero-order chi connectivity index (χ0) is 24.3. The molecule has 34 heavy (non-hydrogen) atoms. The Bertz CT molecular complexity index is 1070. The molecule has 0 unspecified atom stereocenters. The van der Waals surface area contributed by atoms with Crippen molar-refractivity contribution in [3.63, 3.8) is 0 Å². The zero-order valence-electron chi connectivity index (χ0n) is 18.6. The number of rotatable bonds is 12. The van der Waals surface area contributed by atoms with Crippen molar-refractivity contribution in [3.8, 4) is 11.5 Å². The summed E-state index contributed by atoms with van der Waals surface area (Å²) in [5.74, 6) is 0.197. The predicted molar refractivity (Wildman–Crippen MR) is 137 cm³/mol. The molecule has 0 aromatic heterocycles. The molecule has 0 spiro atoms. The van der Waals surface area contributed by atoms with Gasteiger partial charge in [0.1, 0.15) is 15.8 Å². The second-order valence-corrected chi connectivity index (χ2v) is 9.30. The maximum absolute atomic E-state index is 12.8. The van der Waals surface area contributed by atoms with Gasteiger partial charge in [0.05, 0.1) is 4.91 Å². The van der Waals surface area contributed by atoms with Crippen LogP contribution in [0.4, 0.5) is 0 Å². The first-order valence-corrected chi connectivity index (χ1v) is 12.2. The van der Waals surface area contributed by atoms with E-state index >= 15 is 0 Å². The Morgan fingerprint density at radius 1 is 1.03 bits per heavy atom. The van der Waals surface area contributed by atoms with Crippen LogP contribution in [-0.4, -0.2) is 45.2 Å². The summed E-state index contributed by atoms with van der Waals surface area (Å²) in [5, 5.41) is 11.4. The van der Waals surface area contributed by atoms with E-state index in [4.69, 9.17) is 22.1 Å². The van der Waals surface area contributed by atoms with Crippen LogP contribution in [-0.2, 0) is 14.4 Å². The van der Waals surface area contributed by atoms with E-state index in [1.165, 1.54) is 16.7 Å². The standard InChI is InChI=1S/C25H26N2O5S2/c28-22(26-14-6-2-5-12-23(29)30)13-15-27-24(31)21(34-25(27)33)17-18-8-7-11-20(16-18)32-19-9-3-1-4-10-19/h1,3-4,7-11,16-17H,2,5-6,12-15H2,(H,26,28)(H,29,30)/b21-17-. The molecule has 2 aromatic carbocycles. The fraction of sp³-hybridized carbons (Fsp3) is 0.280. The van der Waals surface area contributed by atoms with Crippen LogP contribution in [0.5, 0.6) is 11.5 Å². The fourth-order valence-corrected chi connectivity index (χ4v) is 4.55. The molecule has 1 fully saturated rings. The lowest BCUT2D eigenvalue weighted by molar-refractivity contribution is -0.137. The second kappa shape index (κ2) is 12.9. The van der Waals surface area contributed by atoms with Crippen molar-refractivity contribution in [2.45, 2.75) is 32.1 Å². The van der Waals surface area contributed by atoms with Crippen LogP contribution in [0.3, 0.4) is 0 Å². The van der Waals surface area contributed by atoms with Gasteiger partial charge in [-0.05, 0) is 48.7 Å². The molecule has 1 saturated heterocycles. The Hall–Kier alpha value is -3.17. The van der Waals surface area contributed by atoms with Gasteiger partial charge >= 0.3 is 5.97 Å². The highest BCUT2D eigenvalue weighted by Crippen LogP contribution is 2.33. The first-order chi connectivity index (χ1) is 16.4. The van der Waals surface area contributed by atoms with Crippen molar-refractivity contribution in [3.05, 3.63) is 65.1 Å². The van der Waals surface area contributed by atoms with Crippen molar-refractivity contribution in [2.75, 3.05) is 13.1 Å². The summed E-state index contributed by atoms with van der Waals surface area (Å²) >= 11 is 6.57. The molecule has 1 aliphatic rings. The summed E-state index contributed by atoms with van der Waals surface area (Å²) in [6, 6.07) is 16.9. The van der Waals surface area contributed by atoms with Crippen LogP contribution in [0, 0.1) is 0 Å². The molecule has 178 valence electrons. The Kier molecular flexibility index (Phi) is 9.66. The van der Waals surface area contributed by atoms with Crippen molar-refractivity contribution in [1.82, 2.24) is 10.2 Å². The quantitative estimate of drug-likeness (QED) is 0.246. The van der Waals surface area contributed by atoms with Crippen molar-refractivity contribution in [1.29, 1.82) is 0 Å². The number of hydrogen-bond donors (Lipinski definition) is 2. The first-order valence-electron chi connectivity index (χ1n) is 11.0. The number of carbonyl (C=O) groups excluding carboxylic acids is 2. The molecule has 0 bridgehead atoms. The average Bonchev–Trinajstić information content (AvgIpc) is 3.07. The number of thiocarbonyl (C=S) groups is 1. The summed E-state index contributed by atoms with van der Waals surface area (Å²) in [5.41, 5.74) is 0.814. The number of carboxylic acids is 1. The Labute approximate surface area is 208 Å². The van der Waals surface area contributed by atoms with E-state index in [1.807, 2.05) is 54.6 Å². The van der Waals surface area contributed by atoms with Gasteiger partial charge in [-0.25, -0.2) is 0 Å². The molecule has 9 heteroatoms. The van der Waals surface area contributed by atoms with E-state index in [0.717, 1.165) is 24.2 Å². The normalized spacial score (nSPS) is 14.5. The minimum absolute atomic E-state index is 0.139. The maximum atomic E-state index is 12.8. The largest absolute Gasteiger partial charge is 0.481 e. The van der Waals surface area contributed by atoms with Crippen LogP contribution in [0.2, 0.25) is 0 Å². The SMILES string of the molecule is O=C(O)CCCCCNC(=O)CCN1C(=O)/C(=C/c2cccc(Oc3ccccc3)c2)SC1=S. The van der Waals surface area contributed by atoms with Gasteiger partial charge in [-0.2, -0.15) is 0 Å². The predicted octanol–water partition coefficient (Wildman–Crippen LogP) is 4.83. The molecule has 0 saturated carbocycles. The van der Waals surface area contributed by atoms with Gasteiger partial charge in [-0.15, -0.1) is 0 Å². The molecular formula is C25H26N2O5S2. The van der Waals surface area contributed by atoms with Crippen LogP contribution in [0.25, 0.3) is 6.08 Å². The molecule has 2 aromatic rings. The highest BCUT2D eigenvalue weighted by molar-refractivity contribution is 8.26. The average molecular weight is 499 g/mol. The van der Waals surface area contributed by atoms with Crippen LogP contribution in [0.15, 0.2) is 59.5 Å². The van der Waals surface area contributed by atoms with Crippen molar-refractivity contribution in [2.24, 2.45) is 0 Å². The molecule has 2 N–H and O–H groups in total. The van der Waals surface area contributed by atoms with E-state index in [1.54, 1.807) is 6.08 Å². The summed E-state index contributed by atoms with van der Waals surface area (Å²) in [6.07, 6.45) is 4.11. The van der Waals surface area contributed by atoms with E-state index < -0.39 is 5.97 Å². The molecular weight excluding hydrogens is 472 g/mol. The Morgan fingerprint density at radius 2 is 1.79 bits per heavy atom. The molecule has 2 amide bonds. The lowest BCUT2D eigenvalue weighted by Gasteiger charge is -2.14. The number of para-hydroxylation sites is 1. The minimum atomic E-state index is -0.810. The van der Waals surface area contributed by atoms with Crippen molar-refractivity contribution >= 4 is 52.2 Å². The number of carbonyl (C=O) groups is 3. The number of nitrogens with one attached hydrogen (secondary N) is 1. The van der Waals surface area contributed by atoms with Gasteiger partial charge in [0.2, 0.25) is 5.91 Å². The molecule has 1 aliphatic heterocycles. The lowest BCUT2D eigenvalue weighted by atomic mass is 10.2. The number of ether oxygens (including phenoxy) is 1. The van der Waals surface area contributed by atoms with Gasteiger partial charge in [-0.3, -0.25) is 19.3 Å². The fourth-order valence-electron chi connectivity index (χ4n) is 3.24. The third-order valence-corrected chi connectivity index (χ3v) is 6.34. The van der Waals surface area contributed by atoms with Crippen LogP contribution >= 0.6 is 24.0 Å². The van der Waals surface area contributed by atoms with E-state index in [-0.39, 0.29) is 31.2 Å². The molecule has 0 radical (unpaired) electrons. The first kappa shape index (κ1) is 25.5. The number of amides is 2. The lowest BCUT2D eigenvalue weighted by Crippen LogP contribution is -2.33. The number of benzene rings is 2. The number of carboxylic acid groups (broad SMARTS) is 1. The van der Waals surface area contributed by atoms with Crippen LogP contribution < -0.4 is 10.1 Å². The highest BCUT2D eigenvalue weighted by Gasteiger charge is 2.32. The summed E-state index contributed by atoms with van der Waals surface area (Å²) in [7, 11) is 0. The summed E-state index contributed by atoms with van der Waals surface area (Å²) in [4.78, 5) is 37.4. The van der Waals surface area contributed by atoms with E-state index in [2.05, 4.69) is 5.32 Å². The van der Waals surface area contributed by atoms with Crippen LogP contribution in [0.1, 0.15) is 37.7 Å². The van der Waals surface area contributed by atoms with Gasteiger partial charge in [0.15, 0.2) is 0 Å². The number of hydrogen-bond acceptors (Lipinski definition) is 6. The molecule has 7 nitrogen and oxygen atoms in total. The third-order valence-electron chi connectivity index (χ3n) is 4.96. The molecule has 0 aliphatic carbocycles. The van der Waals surface area contributed by atoms with Gasteiger partial charge in [0.25, 0.3) is 5.91 Å². The Balaban J connectivity index is 1.49. The van der Waals surface area contributed by atoms with Gasteiger partial charge in [-0.1, -0.05) is 60.7 Å². The summed E-state index contributed by atoms with van der Waals surface area (Å²) in [6.45, 7) is 0.697. The molecule has 3 rings (SSSR count). The molecule has 1 heterocycles. The number of unbranched alkanes of at least 4 members (excludes halogenated alkanes) is 2. The number of thioether (sulfide) groups is 1. The molecule has 0 atom stereocenters. The smallest absolute Gasteiger partial charge is 0.303 e. The zero-order valence-corrected chi connectivity index (χ0v) is 20.2. The second-order valence-electron chi connectivity index (χ2n) is 7.63. The maximum Gasteiger partial charge on any atom is 0.303 e. The summed E-state index contributed by atoms with van der Waals surface area (Å²) < 4.78 is 6.28. The van der Waals surface area contributed by atoms with Gasteiger partial charge < -0.3 is 15.2 Å². The number of aliphatic carboxylic acids is 1. The van der Waals surface area contributed by atoms with Crippen molar-refractivity contribution < 1.29 is 24.2 Å². The minimum Gasteiger partial charge on any atom is -0.481 e. The number of nitrogens with zero attached hydrogens (tertiary/aromatic N) is 1. The van der Waals surface area contributed by atoms with E-state index in [9.17, 15) is 14.4 Å².